The summed E-state index contributed by atoms with van der Waals surface area (Å²) in [5.74, 6) is -0.471. The summed E-state index contributed by atoms with van der Waals surface area (Å²) < 4.78 is 0. The minimum absolute atomic E-state index is 0.0284. The molecule has 0 amide bonds. The van der Waals surface area contributed by atoms with E-state index in [-0.39, 0.29) is 19.8 Å². The maximum Gasteiger partial charge on any atom is 0.0613 e. The summed E-state index contributed by atoms with van der Waals surface area (Å²) in [6.07, 6.45) is 0.206. The summed E-state index contributed by atoms with van der Waals surface area (Å²) in [5.41, 5.74) is 0. The molecule has 0 heterocycles. The Kier molecular flexibility index (Phi) is 6.45. The highest BCUT2D eigenvalue weighted by molar-refractivity contribution is 4.66. The van der Waals surface area contributed by atoms with Gasteiger partial charge in [0.05, 0.1) is 19.3 Å². The second-order valence-corrected chi connectivity index (χ2v) is 2.56. The highest BCUT2D eigenvalue weighted by Gasteiger charge is 2.16. The van der Waals surface area contributed by atoms with E-state index in [0.29, 0.717) is 12.8 Å². The molecule has 0 aliphatic carbocycles. The SMILES string of the molecule is OCCCC(O)C(CO)CO. The summed E-state index contributed by atoms with van der Waals surface area (Å²) >= 11 is 0. The van der Waals surface area contributed by atoms with Crippen molar-refractivity contribution >= 4 is 0 Å². The second kappa shape index (κ2) is 6.54. The summed E-state index contributed by atoms with van der Waals surface area (Å²) in [6.45, 7) is -0.410. The fourth-order valence-electron chi connectivity index (χ4n) is 0.837. The van der Waals surface area contributed by atoms with Crippen molar-refractivity contribution in [3.63, 3.8) is 0 Å². The molecule has 0 aliphatic rings. The van der Waals surface area contributed by atoms with Crippen LogP contribution in [0.2, 0.25) is 0 Å². The maximum absolute atomic E-state index is 9.21. The van der Waals surface area contributed by atoms with Gasteiger partial charge in [0.15, 0.2) is 0 Å². The van der Waals surface area contributed by atoms with E-state index in [0.717, 1.165) is 0 Å². The zero-order chi connectivity index (χ0) is 8.69. The Bertz CT molecular complexity index is 82.5. The van der Waals surface area contributed by atoms with Crippen molar-refractivity contribution in [2.45, 2.75) is 18.9 Å². The molecule has 4 heteroatoms. The molecule has 11 heavy (non-hydrogen) atoms. The molecule has 0 aromatic rings. The molecule has 1 atom stereocenters. The molecular formula is C7H16O4. The van der Waals surface area contributed by atoms with Crippen molar-refractivity contribution in [2.24, 2.45) is 5.92 Å². The average molecular weight is 164 g/mol. The van der Waals surface area contributed by atoms with Crippen LogP contribution in [-0.2, 0) is 0 Å². The average Bonchev–Trinajstić information content (AvgIpc) is 2.03. The van der Waals surface area contributed by atoms with E-state index < -0.39 is 12.0 Å². The fraction of sp³-hybridized carbons (Fsp3) is 1.00. The summed E-state index contributed by atoms with van der Waals surface area (Å²) in [7, 11) is 0. The molecule has 0 fully saturated rings. The van der Waals surface area contributed by atoms with Crippen molar-refractivity contribution in [1.29, 1.82) is 0 Å². The first-order chi connectivity index (χ1) is 5.26. The van der Waals surface area contributed by atoms with Crippen LogP contribution in [0.5, 0.6) is 0 Å². The van der Waals surface area contributed by atoms with Gasteiger partial charge in [-0.05, 0) is 12.8 Å². The first-order valence-electron chi connectivity index (χ1n) is 3.76. The van der Waals surface area contributed by atoms with Crippen molar-refractivity contribution in [3.05, 3.63) is 0 Å². The largest absolute Gasteiger partial charge is 0.396 e. The van der Waals surface area contributed by atoms with Crippen LogP contribution in [0, 0.1) is 5.92 Å². The van der Waals surface area contributed by atoms with E-state index in [1.165, 1.54) is 0 Å². The zero-order valence-corrected chi connectivity index (χ0v) is 6.48. The van der Waals surface area contributed by atoms with Crippen molar-refractivity contribution < 1.29 is 20.4 Å². The molecule has 0 aromatic carbocycles. The van der Waals surface area contributed by atoms with Crippen LogP contribution in [0.1, 0.15) is 12.8 Å². The van der Waals surface area contributed by atoms with Gasteiger partial charge in [-0.2, -0.15) is 0 Å². The van der Waals surface area contributed by atoms with Crippen LogP contribution in [0.4, 0.5) is 0 Å². The van der Waals surface area contributed by atoms with E-state index >= 15 is 0 Å². The lowest BCUT2D eigenvalue weighted by Gasteiger charge is -2.17. The van der Waals surface area contributed by atoms with E-state index in [1.54, 1.807) is 0 Å². The third-order valence-electron chi connectivity index (χ3n) is 1.67. The Morgan fingerprint density at radius 3 is 1.91 bits per heavy atom. The summed E-state index contributed by atoms with van der Waals surface area (Å²) in [6, 6.07) is 0. The Labute approximate surface area is 66.1 Å². The first kappa shape index (κ1) is 10.8. The molecule has 0 aliphatic heterocycles. The van der Waals surface area contributed by atoms with Gasteiger partial charge in [-0.3, -0.25) is 0 Å². The van der Waals surface area contributed by atoms with Gasteiger partial charge in [0.1, 0.15) is 0 Å². The summed E-state index contributed by atoms with van der Waals surface area (Å²) in [5, 5.41) is 34.8. The van der Waals surface area contributed by atoms with Gasteiger partial charge in [-0.25, -0.2) is 0 Å². The first-order valence-corrected chi connectivity index (χ1v) is 3.76. The monoisotopic (exact) mass is 164 g/mol. The zero-order valence-electron chi connectivity index (χ0n) is 6.48. The third kappa shape index (κ3) is 4.31. The van der Waals surface area contributed by atoms with E-state index in [1.807, 2.05) is 0 Å². The van der Waals surface area contributed by atoms with Gasteiger partial charge in [-0.15, -0.1) is 0 Å². The number of aliphatic hydroxyl groups is 4. The molecular weight excluding hydrogens is 148 g/mol. The summed E-state index contributed by atoms with van der Waals surface area (Å²) in [4.78, 5) is 0. The lowest BCUT2D eigenvalue weighted by atomic mass is 10.0. The molecule has 0 rings (SSSR count). The highest BCUT2D eigenvalue weighted by Crippen LogP contribution is 2.07. The van der Waals surface area contributed by atoms with Crippen molar-refractivity contribution in [2.75, 3.05) is 19.8 Å². The molecule has 4 N–H and O–H groups in total. The number of hydrogen-bond acceptors (Lipinski definition) is 4. The lowest BCUT2D eigenvalue weighted by molar-refractivity contribution is 0.0236. The van der Waals surface area contributed by atoms with Gasteiger partial charge in [-0.1, -0.05) is 0 Å². The van der Waals surface area contributed by atoms with E-state index in [9.17, 15) is 5.11 Å². The van der Waals surface area contributed by atoms with Crippen LogP contribution in [0.3, 0.4) is 0 Å². The van der Waals surface area contributed by atoms with E-state index in [2.05, 4.69) is 0 Å². The number of aliphatic hydroxyl groups excluding tert-OH is 4. The maximum atomic E-state index is 9.21. The van der Waals surface area contributed by atoms with Gasteiger partial charge < -0.3 is 20.4 Å². The quantitative estimate of drug-likeness (QED) is 0.394. The molecule has 0 saturated heterocycles. The molecule has 68 valence electrons. The minimum Gasteiger partial charge on any atom is -0.396 e. The highest BCUT2D eigenvalue weighted by atomic mass is 16.3. The molecule has 0 spiro atoms. The van der Waals surface area contributed by atoms with Crippen LogP contribution in [0.25, 0.3) is 0 Å². The van der Waals surface area contributed by atoms with Gasteiger partial charge >= 0.3 is 0 Å². The van der Waals surface area contributed by atoms with E-state index in [4.69, 9.17) is 15.3 Å². The van der Waals surface area contributed by atoms with Gasteiger partial charge in [0.25, 0.3) is 0 Å². The molecule has 0 saturated carbocycles. The fourth-order valence-corrected chi connectivity index (χ4v) is 0.837. The predicted molar refractivity (Wildman–Crippen MR) is 40.0 cm³/mol. The normalized spacial score (nSPS) is 13.9. The Balaban J connectivity index is 3.51. The van der Waals surface area contributed by atoms with Gasteiger partial charge in [0, 0.05) is 12.5 Å². The third-order valence-corrected chi connectivity index (χ3v) is 1.67. The standard InChI is InChI=1S/C7H16O4/c8-3-1-2-7(11)6(4-9)5-10/h6-11H,1-5H2. The number of hydrogen-bond donors (Lipinski definition) is 4. The lowest BCUT2D eigenvalue weighted by Crippen LogP contribution is -2.27. The molecule has 0 aromatic heterocycles. The Morgan fingerprint density at radius 2 is 1.55 bits per heavy atom. The Morgan fingerprint density at radius 1 is 1.00 bits per heavy atom. The smallest absolute Gasteiger partial charge is 0.0613 e. The molecule has 1 unspecified atom stereocenters. The van der Waals surface area contributed by atoms with Crippen LogP contribution in [-0.4, -0.2) is 46.4 Å². The number of rotatable bonds is 6. The van der Waals surface area contributed by atoms with Gasteiger partial charge in [0.2, 0.25) is 0 Å². The van der Waals surface area contributed by atoms with Crippen LogP contribution in [0.15, 0.2) is 0 Å². The second-order valence-electron chi connectivity index (χ2n) is 2.56. The molecule has 4 nitrogen and oxygen atoms in total. The van der Waals surface area contributed by atoms with Crippen molar-refractivity contribution in [3.8, 4) is 0 Å². The van der Waals surface area contributed by atoms with Crippen LogP contribution >= 0.6 is 0 Å². The topological polar surface area (TPSA) is 80.9 Å². The Hall–Kier alpha value is -0.160. The molecule has 0 bridgehead atoms. The minimum atomic E-state index is -0.711. The van der Waals surface area contributed by atoms with Crippen molar-refractivity contribution in [1.82, 2.24) is 0 Å². The molecule has 0 radical (unpaired) electrons. The predicted octanol–water partition coefficient (Wildman–Crippen LogP) is -1.28. The van der Waals surface area contributed by atoms with Crippen LogP contribution < -0.4 is 0 Å².